The molecule has 0 fully saturated rings. The van der Waals surface area contributed by atoms with Crippen molar-refractivity contribution in [1.82, 2.24) is 25.1 Å². The number of nitrogens with zero attached hydrogens (tertiary/aromatic N) is 4. The fourth-order valence-electron chi connectivity index (χ4n) is 2.21. The van der Waals surface area contributed by atoms with E-state index in [4.69, 9.17) is 0 Å². The minimum Gasteiger partial charge on any atom is -0.307 e. The average molecular weight is 273 g/mol. The standard InChI is InChI=1S/C15H23N5/c1-4-7-16-14(15-17-8-6-9-18-15)11-13-10-12(5-2)19-20(13)3/h6,8-10,14,16H,4-5,7,11H2,1-3H3. The summed E-state index contributed by atoms with van der Waals surface area (Å²) in [6, 6.07) is 4.15. The van der Waals surface area contributed by atoms with Crippen molar-refractivity contribution in [2.24, 2.45) is 7.05 Å². The molecule has 0 saturated carbocycles. The van der Waals surface area contributed by atoms with Crippen molar-refractivity contribution in [2.45, 2.75) is 39.2 Å². The molecule has 1 atom stereocenters. The average Bonchev–Trinajstić information content (AvgIpc) is 2.84. The van der Waals surface area contributed by atoms with E-state index in [1.807, 2.05) is 17.8 Å². The van der Waals surface area contributed by atoms with Crippen LogP contribution < -0.4 is 5.32 Å². The summed E-state index contributed by atoms with van der Waals surface area (Å²) in [6.45, 7) is 5.25. The highest BCUT2D eigenvalue weighted by Crippen LogP contribution is 2.15. The summed E-state index contributed by atoms with van der Waals surface area (Å²) < 4.78 is 1.96. The van der Waals surface area contributed by atoms with Crippen molar-refractivity contribution < 1.29 is 0 Å². The predicted molar refractivity (Wildman–Crippen MR) is 79.4 cm³/mol. The highest BCUT2D eigenvalue weighted by atomic mass is 15.3. The fraction of sp³-hybridized carbons (Fsp3) is 0.533. The van der Waals surface area contributed by atoms with Crippen LogP contribution in [0, 0.1) is 0 Å². The van der Waals surface area contributed by atoms with E-state index in [1.54, 1.807) is 12.4 Å². The Kier molecular flexibility index (Phi) is 5.24. The normalized spacial score (nSPS) is 12.6. The minimum absolute atomic E-state index is 0.135. The summed E-state index contributed by atoms with van der Waals surface area (Å²) in [5.41, 5.74) is 2.34. The molecule has 0 spiro atoms. The van der Waals surface area contributed by atoms with Crippen LogP contribution in [-0.2, 0) is 19.9 Å². The number of rotatable bonds is 7. The molecule has 0 saturated heterocycles. The molecule has 1 N–H and O–H groups in total. The predicted octanol–water partition coefficient (Wildman–Crippen LogP) is 2.06. The molecule has 1 unspecified atom stereocenters. The van der Waals surface area contributed by atoms with Crippen molar-refractivity contribution in [3.63, 3.8) is 0 Å². The number of hydrogen-bond acceptors (Lipinski definition) is 4. The molecule has 5 heteroatoms. The lowest BCUT2D eigenvalue weighted by Crippen LogP contribution is -2.26. The Morgan fingerprint density at radius 3 is 2.60 bits per heavy atom. The van der Waals surface area contributed by atoms with Gasteiger partial charge in [0.25, 0.3) is 0 Å². The van der Waals surface area contributed by atoms with E-state index in [0.717, 1.165) is 37.3 Å². The van der Waals surface area contributed by atoms with Crippen LogP contribution in [0.15, 0.2) is 24.5 Å². The molecule has 0 amide bonds. The van der Waals surface area contributed by atoms with E-state index in [0.29, 0.717) is 0 Å². The van der Waals surface area contributed by atoms with Crippen LogP contribution in [0.25, 0.3) is 0 Å². The van der Waals surface area contributed by atoms with Crippen molar-refractivity contribution >= 4 is 0 Å². The van der Waals surface area contributed by atoms with Gasteiger partial charge in [0, 0.05) is 31.6 Å². The third-order valence-electron chi connectivity index (χ3n) is 3.34. The molecular formula is C15H23N5. The second kappa shape index (κ2) is 7.14. The van der Waals surface area contributed by atoms with Gasteiger partial charge >= 0.3 is 0 Å². The Morgan fingerprint density at radius 1 is 1.25 bits per heavy atom. The third kappa shape index (κ3) is 3.63. The number of nitrogens with one attached hydrogen (secondary N) is 1. The molecule has 2 rings (SSSR count). The molecular weight excluding hydrogens is 250 g/mol. The highest BCUT2D eigenvalue weighted by Gasteiger charge is 2.16. The maximum absolute atomic E-state index is 4.50. The highest BCUT2D eigenvalue weighted by molar-refractivity contribution is 5.13. The van der Waals surface area contributed by atoms with Crippen LogP contribution >= 0.6 is 0 Å². The summed E-state index contributed by atoms with van der Waals surface area (Å²) in [6.07, 6.45) is 6.50. The molecule has 2 aromatic heterocycles. The lowest BCUT2D eigenvalue weighted by Gasteiger charge is -2.16. The second-order valence-corrected chi connectivity index (χ2v) is 4.92. The smallest absolute Gasteiger partial charge is 0.145 e. The van der Waals surface area contributed by atoms with E-state index in [-0.39, 0.29) is 6.04 Å². The van der Waals surface area contributed by atoms with Crippen molar-refractivity contribution in [2.75, 3.05) is 6.54 Å². The van der Waals surface area contributed by atoms with Gasteiger partial charge < -0.3 is 5.32 Å². The van der Waals surface area contributed by atoms with Gasteiger partial charge in [0.05, 0.1) is 11.7 Å². The van der Waals surface area contributed by atoms with E-state index >= 15 is 0 Å². The van der Waals surface area contributed by atoms with E-state index in [9.17, 15) is 0 Å². The first-order valence-electron chi connectivity index (χ1n) is 7.26. The van der Waals surface area contributed by atoms with Crippen molar-refractivity contribution in [3.8, 4) is 0 Å². The van der Waals surface area contributed by atoms with Crippen LogP contribution in [-0.4, -0.2) is 26.3 Å². The lowest BCUT2D eigenvalue weighted by atomic mass is 10.1. The Hall–Kier alpha value is -1.75. The summed E-state index contributed by atoms with van der Waals surface area (Å²) >= 11 is 0. The number of aryl methyl sites for hydroxylation is 2. The largest absolute Gasteiger partial charge is 0.307 e. The molecule has 0 aliphatic carbocycles. The molecule has 20 heavy (non-hydrogen) atoms. The Balaban J connectivity index is 2.16. The topological polar surface area (TPSA) is 55.6 Å². The van der Waals surface area contributed by atoms with Crippen molar-refractivity contribution in [1.29, 1.82) is 0 Å². The molecule has 108 valence electrons. The lowest BCUT2D eigenvalue weighted by molar-refractivity contribution is 0.490. The van der Waals surface area contributed by atoms with Gasteiger partial charge in [-0.15, -0.1) is 0 Å². The molecule has 5 nitrogen and oxygen atoms in total. The van der Waals surface area contributed by atoms with Gasteiger partial charge in [0.1, 0.15) is 5.82 Å². The first kappa shape index (κ1) is 14.7. The van der Waals surface area contributed by atoms with Crippen LogP contribution in [0.4, 0.5) is 0 Å². The van der Waals surface area contributed by atoms with Gasteiger partial charge in [0.2, 0.25) is 0 Å². The molecule has 2 heterocycles. The van der Waals surface area contributed by atoms with Gasteiger partial charge in [0.15, 0.2) is 0 Å². The first-order chi connectivity index (χ1) is 9.74. The minimum atomic E-state index is 0.135. The van der Waals surface area contributed by atoms with E-state index in [2.05, 4.69) is 40.3 Å². The number of aromatic nitrogens is 4. The molecule has 2 aromatic rings. The maximum atomic E-state index is 4.50. The Labute approximate surface area is 120 Å². The zero-order valence-corrected chi connectivity index (χ0v) is 12.5. The SMILES string of the molecule is CCCNC(Cc1cc(CC)nn1C)c1ncccn1. The molecule has 0 radical (unpaired) electrons. The molecule has 0 aromatic carbocycles. The van der Waals surface area contributed by atoms with Gasteiger partial charge in [-0.1, -0.05) is 13.8 Å². The van der Waals surface area contributed by atoms with Gasteiger partial charge in [-0.2, -0.15) is 5.10 Å². The van der Waals surface area contributed by atoms with Gasteiger partial charge in [-0.3, -0.25) is 4.68 Å². The Morgan fingerprint density at radius 2 is 2.00 bits per heavy atom. The monoisotopic (exact) mass is 273 g/mol. The molecule has 0 aliphatic heterocycles. The molecule has 0 aliphatic rings. The summed E-state index contributed by atoms with van der Waals surface area (Å²) in [4.78, 5) is 8.76. The third-order valence-corrected chi connectivity index (χ3v) is 3.34. The second-order valence-electron chi connectivity index (χ2n) is 4.92. The summed E-state index contributed by atoms with van der Waals surface area (Å²) in [5.74, 6) is 0.847. The fourth-order valence-corrected chi connectivity index (χ4v) is 2.21. The Bertz CT molecular complexity index is 520. The number of hydrogen-bond donors (Lipinski definition) is 1. The zero-order chi connectivity index (χ0) is 14.4. The van der Waals surface area contributed by atoms with E-state index < -0.39 is 0 Å². The van der Waals surface area contributed by atoms with Crippen LogP contribution in [0.3, 0.4) is 0 Å². The van der Waals surface area contributed by atoms with E-state index in [1.165, 1.54) is 5.69 Å². The van der Waals surface area contributed by atoms with Gasteiger partial charge in [-0.05, 0) is 31.5 Å². The van der Waals surface area contributed by atoms with Crippen LogP contribution in [0.2, 0.25) is 0 Å². The van der Waals surface area contributed by atoms with Gasteiger partial charge in [-0.25, -0.2) is 9.97 Å². The first-order valence-corrected chi connectivity index (χ1v) is 7.26. The van der Waals surface area contributed by atoms with Crippen LogP contribution in [0.5, 0.6) is 0 Å². The summed E-state index contributed by atoms with van der Waals surface area (Å²) in [7, 11) is 2.00. The molecule has 0 bridgehead atoms. The zero-order valence-electron chi connectivity index (χ0n) is 12.5. The van der Waals surface area contributed by atoms with Crippen LogP contribution in [0.1, 0.15) is 43.5 Å². The maximum Gasteiger partial charge on any atom is 0.145 e. The van der Waals surface area contributed by atoms with Crippen molar-refractivity contribution in [3.05, 3.63) is 41.7 Å². The summed E-state index contributed by atoms with van der Waals surface area (Å²) in [5, 5.41) is 8.03. The quantitative estimate of drug-likeness (QED) is 0.839.